The minimum Gasteiger partial charge on any atom is -0.299 e. The van der Waals surface area contributed by atoms with E-state index in [4.69, 9.17) is 0 Å². The molecule has 2 nitrogen and oxygen atoms in total. The van der Waals surface area contributed by atoms with Crippen LogP contribution in [0.2, 0.25) is 0 Å². The summed E-state index contributed by atoms with van der Waals surface area (Å²) in [6, 6.07) is 10.00. The molecule has 0 aliphatic heterocycles. The first-order valence-electron chi connectivity index (χ1n) is 7.67. The Hall–Kier alpha value is -1.70. The largest absolute Gasteiger partial charge is 0.299 e. The number of hydrogen-bond donors (Lipinski definition) is 0. The zero-order valence-electron chi connectivity index (χ0n) is 13.3. The number of benzene rings is 1. The molecular formula is C19H26O2. The third-order valence-corrected chi connectivity index (χ3v) is 3.74. The summed E-state index contributed by atoms with van der Waals surface area (Å²) in [6.45, 7) is 9.63. The highest BCUT2D eigenvalue weighted by Gasteiger charge is 2.23. The molecule has 1 aromatic rings. The van der Waals surface area contributed by atoms with E-state index >= 15 is 0 Å². The molecule has 2 unspecified atom stereocenters. The molecule has 2 atom stereocenters. The third kappa shape index (κ3) is 6.07. The Morgan fingerprint density at radius 3 is 2.29 bits per heavy atom. The fourth-order valence-corrected chi connectivity index (χ4v) is 2.56. The first kappa shape index (κ1) is 17.4. The van der Waals surface area contributed by atoms with Gasteiger partial charge in [-0.3, -0.25) is 9.59 Å². The van der Waals surface area contributed by atoms with Gasteiger partial charge >= 0.3 is 0 Å². The van der Waals surface area contributed by atoms with Gasteiger partial charge in [0.1, 0.15) is 5.78 Å². The summed E-state index contributed by atoms with van der Waals surface area (Å²) in [7, 11) is 0. The van der Waals surface area contributed by atoms with Crippen molar-refractivity contribution in [2.24, 2.45) is 17.8 Å². The van der Waals surface area contributed by atoms with Gasteiger partial charge in [0.05, 0.1) is 0 Å². The van der Waals surface area contributed by atoms with Crippen LogP contribution in [-0.4, -0.2) is 11.6 Å². The summed E-state index contributed by atoms with van der Waals surface area (Å²) < 4.78 is 0. The second-order valence-electron chi connectivity index (χ2n) is 6.19. The van der Waals surface area contributed by atoms with E-state index in [1.807, 2.05) is 37.3 Å². The summed E-state index contributed by atoms with van der Waals surface area (Å²) in [4.78, 5) is 24.3. The van der Waals surface area contributed by atoms with Crippen molar-refractivity contribution in [2.45, 2.75) is 40.0 Å². The van der Waals surface area contributed by atoms with E-state index in [2.05, 4.69) is 20.4 Å². The van der Waals surface area contributed by atoms with Crippen molar-refractivity contribution in [2.75, 3.05) is 0 Å². The highest BCUT2D eigenvalue weighted by Crippen LogP contribution is 2.21. The zero-order valence-corrected chi connectivity index (χ0v) is 13.3. The van der Waals surface area contributed by atoms with E-state index in [0.29, 0.717) is 12.3 Å². The maximum absolute atomic E-state index is 12.4. The first-order chi connectivity index (χ1) is 9.93. The molecule has 1 aromatic carbocycles. The van der Waals surface area contributed by atoms with Gasteiger partial charge in [-0.15, -0.1) is 0 Å². The smallest absolute Gasteiger partial charge is 0.158 e. The fourth-order valence-electron chi connectivity index (χ4n) is 2.56. The predicted octanol–water partition coefficient (Wildman–Crippen LogP) is 4.24. The molecule has 0 aromatic heterocycles. The Balaban J connectivity index is 2.63. The quantitative estimate of drug-likeness (QED) is 0.636. The molecule has 114 valence electrons. The molecule has 0 amide bonds. The van der Waals surface area contributed by atoms with Crippen LogP contribution in [0.1, 0.15) is 39.2 Å². The minimum atomic E-state index is -0.215. The zero-order chi connectivity index (χ0) is 15.8. The van der Waals surface area contributed by atoms with Crippen molar-refractivity contribution in [1.29, 1.82) is 0 Å². The topological polar surface area (TPSA) is 34.1 Å². The van der Waals surface area contributed by atoms with E-state index in [9.17, 15) is 9.59 Å². The third-order valence-electron chi connectivity index (χ3n) is 3.74. The second kappa shape index (κ2) is 8.56. The number of carbonyl (C=O) groups excluding carboxylic acids is 2. The lowest BCUT2D eigenvalue weighted by Gasteiger charge is -2.18. The highest BCUT2D eigenvalue weighted by molar-refractivity contribution is 5.95. The standard InChI is InChI=1S/C19H26O2/c1-5-18(20)17(11-14(2)3)13-19(21)15(4)12-16-9-7-6-8-10-16/h5-10,14-15,17H,1,11-13H2,2-4H3. The van der Waals surface area contributed by atoms with Crippen molar-refractivity contribution in [3.8, 4) is 0 Å². The predicted molar refractivity (Wildman–Crippen MR) is 87.1 cm³/mol. The van der Waals surface area contributed by atoms with Crippen LogP contribution in [-0.2, 0) is 16.0 Å². The summed E-state index contributed by atoms with van der Waals surface area (Å²) in [5.74, 6) is 0.285. The van der Waals surface area contributed by atoms with Crippen molar-refractivity contribution in [3.63, 3.8) is 0 Å². The van der Waals surface area contributed by atoms with Gasteiger partial charge in [-0.05, 0) is 30.4 Å². The van der Waals surface area contributed by atoms with Crippen LogP contribution in [0.25, 0.3) is 0 Å². The molecule has 0 saturated carbocycles. The molecule has 2 heteroatoms. The molecule has 0 aliphatic carbocycles. The van der Waals surface area contributed by atoms with Crippen molar-refractivity contribution in [3.05, 3.63) is 48.6 Å². The highest BCUT2D eigenvalue weighted by atomic mass is 16.1. The average Bonchev–Trinajstić information content (AvgIpc) is 2.46. The van der Waals surface area contributed by atoms with Crippen LogP contribution >= 0.6 is 0 Å². The second-order valence-corrected chi connectivity index (χ2v) is 6.19. The van der Waals surface area contributed by atoms with E-state index in [1.165, 1.54) is 6.08 Å². The lowest BCUT2D eigenvalue weighted by molar-refractivity contribution is -0.127. The van der Waals surface area contributed by atoms with E-state index in [-0.39, 0.29) is 23.4 Å². The number of rotatable bonds is 9. The number of ketones is 2. The van der Waals surface area contributed by atoms with Gasteiger partial charge in [-0.2, -0.15) is 0 Å². The molecule has 0 N–H and O–H groups in total. The SMILES string of the molecule is C=CC(=O)C(CC(=O)C(C)Cc1ccccc1)CC(C)C. The monoisotopic (exact) mass is 286 g/mol. The molecule has 1 rings (SSSR count). The van der Waals surface area contributed by atoms with Crippen LogP contribution in [0.3, 0.4) is 0 Å². The number of allylic oxidation sites excluding steroid dienone is 1. The van der Waals surface area contributed by atoms with Gasteiger partial charge < -0.3 is 0 Å². The summed E-state index contributed by atoms with van der Waals surface area (Å²) in [6.07, 6.45) is 3.16. The Morgan fingerprint density at radius 2 is 1.76 bits per heavy atom. The molecule has 0 radical (unpaired) electrons. The summed E-state index contributed by atoms with van der Waals surface area (Å²) in [5.41, 5.74) is 1.16. The Labute approximate surface area is 128 Å². The van der Waals surface area contributed by atoms with Crippen molar-refractivity contribution < 1.29 is 9.59 Å². The lowest BCUT2D eigenvalue weighted by Crippen LogP contribution is -2.23. The summed E-state index contributed by atoms with van der Waals surface area (Å²) >= 11 is 0. The van der Waals surface area contributed by atoms with Gasteiger partial charge in [0, 0.05) is 18.3 Å². The van der Waals surface area contributed by atoms with E-state index in [1.54, 1.807) is 0 Å². The first-order valence-corrected chi connectivity index (χ1v) is 7.67. The summed E-state index contributed by atoms with van der Waals surface area (Å²) in [5, 5.41) is 0. The molecule has 0 saturated heterocycles. The normalized spacial score (nSPS) is 13.7. The number of carbonyl (C=O) groups is 2. The Kier molecular flexibility index (Phi) is 7.07. The van der Waals surface area contributed by atoms with Gasteiger partial charge in [-0.25, -0.2) is 0 Å². The molecule has 0 fully saturated rings. The average molecular weight is 286 g/mol. The lowest BCUT2D eigenvalue weighted by atomic mass is 9.85. The van der Waals surface area contributed by atoms with Gasteiger partial charge in [0.25, 0.3) is 0 Å². The van der Waals surface area contributed by atoms with Gasteiger partial charge in [0.15, 0.2) is 5.78 Å². The maximum atomic E-state index is 12.4. The van der Waals surface area contributed by atoms with Gasteiger partial charge in [-0.1, -0.05) is 57.7 Å². The van der Waals surface area contributed by atoms with Crippen LogP contribution in [0.5, 0.6) is 0 Å². The van der Waals surface area contributed by atoms with Crippen LogP contribution in [0.4, 0.5) is 0 Å². The molecular weight excluding hydrogens is 260 g/mol. The molecule has 0 aliphatic rings. The minimum absolute atomic E-state index is 0.0102. The Bertz CT molecular complexity index is 474. The molecule has 21 heavy (non-hydrogen) atoms. The van der Waals surface area contributed by atoms with Crippen molar-refractivity contribution >= 4 is 11.6 Å². The van der Waals surface area contributed by atoms with Gasteiger partial charge in [0.2, 0.25) is 0 Å². The molecule has 0 heterocycles. The molecule has 0 bridgehead atoms. The van der Waals surface area contributed by atoms with Crippen LogP contribution < -0.4 is 0 Å². The number of hydrogen-bond acceptors (Lipinski definition) is 2. The van der Waals surface area contributed by atoms with E-state index < -0.39 is 0 Å². The van der Waals surface area contributed by atoms with E-state index in [0.717, 1.165) is 18.4 Å². The maximum Gasteiger partial charge on any atom is 0.158 e. The van der Waals surface area contributed by atoms with Crippen molar-refractivity contribution in [1.82, 2.24) is 0 Å². The Morgan fingerprint density at radius 1 is 1.14 bits per heavy atom. The molecule has 0 spiro atoms. The van der Waals surface area contributed by atoms with Crippen LogP contribution in [0, 0.1) is 17.8 Å². The fraction of sp³-hybridized carbons (Fsp3) is 0.474. The van der Waals surface area contributed by atoms with Crippen LogP contribution in [0.15, 0.2) is 43.0 Å². The number of Topliss-reactive ketones (excluding diaryl/α,β-unsaturated/α-hetero) is 1.